The van der Waals surface area contributed by atoms with Crippen LogP contribution >= 0.6 is 11.6 Å². The average Bonchev–Trinajstić information content (AvgIpc) is 2.79. The molecule has 0 fully saturated rings. The lowest BCUT2D eigenvalue weighted by atomic mass is 9.86. The third-order valence-corrected chi connectivity index (χ3v) is 4.60. The van der Waals surface area contributed by atoms with E-state index in [0.717, 1.165) is 30.8 Å². The smallest absolute Gasteiger partial charge is 0.309 e. The highest BCUT2D eigenvalue weighted by molar-refractivity contribution is 6.31. The van der Waals surface area contributed by atoms with E-state index in [1.165, 1.54) is 22.2 Å². The molecule has 21 heavy (non-hydrogen) atoms. The van der Waals surface area contributed by atoms with Gasteiger partial charge >= 0.3 is 5.97 Å². The first kappa shape index (κ1) is 14.5. The zero-order valence-electron chi connectivity index (χ0n) is 12.5. The van der Waals surface area contributed by atoms with Crippen LogP contribution in [0.4, 0.5) is 0 Å². The zero-order valence-corrected chi connectivity index (χ0v) is 13.2. The first-order valence-corrected chi connectivity index (χ1v) is 7.99. The molecule has 0 amide bonds. The second-order valence-corrected chi connectivity index (χ2v) is 5.96. The molecule has 1 aliphatic carbocycles. The highest BCUT2D eigenvalue weighted by Gasteiger charge is 2.29. The second-order valence-electron chi connectivity index (χ2n) is 5.52. The first-order valence-electron chi connectivity index (χ1n) is 7.61. The minimum Gasteiger partial charge on any atom is -0.466 e. The van der Waals surface area contributed by atoms with E-state index in [-0.39, 0.29) is 11.9 Å². The van der Waals surface area contributed by atoms with E-state index in [2.05, 4.69) is 17.6 Å². The van der Waals surface area contributed by atoms with Crippen molar-refractivity contribution >= 4 is 28.5 Å². The van der Waals surface area contributed by atoms with Crippen molar-refractivity contribution in [3.05, 3.63) is 34.5 Å². The van der Waals surface area contributed by atoms with Crippen molar-refractivity contribution in [3.8, 4) is 0 Å². The molecular weight excluding hydrogens is 286 g/mol. The fraction of sp³-hybridized carbons (Fsp3) is 0.471. The number of rotatable bonds is 3. The molecule has 0 bridgehead atoms. The van der Waals surface area contributed by atoms with Crippen molar-refractivity contribution in [2.45, 2.75) is 39.7 Å². The summed E-state index contributed by atoms with van der Waals surface area (Å²) in [6.45, 7) is 5.41. The molecule has 0 saturated carbocycles. The summed E-state index contributed by atoms with van der Waals surface area (Å²) >= 11 is 6.16. The summed E-state index contributed by atoms with van der Waals surface area (Å²) in [5.41, 5.74) is 3.85. The Morgan fingerprint density at radius 2 is 2.24 bits per heavy atom. The summed E-state index contributed by atoms with van der Waals surface area (Å²) in [5, 5.41) is 1.94. The van der Waals surface area contributed by atoms with Gasteiger partial charge in [-0.3, -0.25) is 4.79 Å². The lowest BCUT2D eigenvalue weighted by Gasteiger charge is -2.22. The van der Waals surface area contributed by atoms with Gasteiger partial charge in [0.1, 0.15) is 0 Å². The number of ether oxygens (including phenoxy) is 1. The van der Waals surface area contributed by atoms with Crippen molar-refractivity contribution in [3.63, 3.8) is 0 Å². The number of hydrogen-bond donors (Lipinski definition) is 0. The molecule has 1 aromatic heterocycles. The van der Waals surface area contributed by atoms with E-state index in [1.54, 1.807) is 0 Å². The van der Waals surface area contributed by atoms with Crippen LogP contribution in [0, 0.1) is 5.92 Å². The molecule has 0 saturated heterocycles. The van der Waals surface area contributed by atoms with Crippen molar-refractivity contribution in [1.29, 1.82) is 0 Å². The van der Waals surface area contributed by atoms with Gasteiger partial charge in [-0.05, 0) is 56.9 Å². The maximum Gasteiger partial charge on any atom is 0.309 e. The number of fused-ring (bicyclic) bond motifs is 3. The van der Waals surface area contributed by atoms with Gasteiger partial charge in [-0.25, -0.2) is 0 Å². The summed E-state index contributed by atoms with van der Waals surface area (Å²) in [7, 11) is 0. The average molecular weight is 306 g/mol. The minimum atomic E-state index is -0.0671. The molecule has 0 spiro atoms. The molecule has 0 radical (unpaired) electrons. The van der Waals surface area contributed by atoms with Crippen LogP contribution < -0.4 is 0 Å². The fourth-order valence-electron chi connectivity index (χ4n) is 3.44. The van der Waals surface area contributed by atoms with Gasteiger partial charge in [-0.1, -0.05) is 11.6 Å². The molecule has 112 valence electrons. The molecule has 0 N–H and O–H groups in total. The Kier molecular flexibility index (Phi) is 3.94. The number of aromatic nitrogens is 1. The molecule has 1 aromatic carbocycles. The number of halogens is 1. The van der Waals surface area contributed by atoms with Crippen molar-refractivity contribution in [1.82, 2.24) is 4.57 Å². The summed E-state index contributed by atoms with van der Waals surface area (Å²) in [6, 6.07) is 6.04. The van der Waals surface area contributed by atoms with Gasteiger partial charge in [0.15, 0.2) is 0 Å². The number of carbonyl (C=O) groups is 1. The molecule has 3 rings (SSSR count). The molecule has 1 heterocycles. The second kappa shape index (κ2) is 5.72. The van der Waals surface area contributed by atoms with Crippen LogP contribution in [0.5, 0.6) is 0 Å². The van der Waals surface area contributed by atoms with Gasteiger partial charge < -0.3 is 9.30 Å². The maximum absolute atomic E-state index is 12.0. The SMILES string of the molecule is CCOC(=O)C1CCc2c(c3cc(Cl)ccc3n2CC)C1. The normalized spacial score (nSPS) is 17.8. The Balaban J connectivity index is 2.06. The number of aryl methyl sites for hydroxylation is 1. The van der Waals surface area contributed by atoms with Crippen LogP contribution in [0.25, 0.3) is 10.9 Å². The van der Waals surface area contributed by atoms with E-state index in [9.17, 15) is 4.79 Å². The Morgan fingerprint density at radius 3 is 2.95 bits per heavy atom. The van der Waals surface area contributed by atoms with E-state index in [4.69, 9.17) is 16.3 Å². The number of nitrogens with zero attached hydrogens (tertiary/aromatic N) is 1. The summed E-state index contributed by atoms with van der Waals surface area (Å²) < 4.78 is 7.54. The Hall–Kier alpha value is -1.48. The summed E-state index contributed by atoms with van der Waals surface area (Å²) in [6.07, 6.45) is 2.56. The van der Waals surface area contributed by atoms with Gasteiger partial charge in [0.05, 0.1) is 12.5 Å². The van der Waals surface area contributed by atoms with Crippen LogP contribution in [-0.4, -0.2) is 17.1 Å². The molecule has 1 unspecified atom stereocenters. The lowest BCUT2D eigenvalue weighted by Crippen LogP contribution is -2.25. The Morgan fingerprint density at radius 1 is 1.43 bits per heavy atom. The van der Waals surface area contributed by atoms with Gasteiger partial charge in [-0.15, -0.1) is 0 Å². The van der Waals surface area contributed by atoms with Gasteiger partial charge in [0, 0.05) is 28.2 Å². The lowest BCUT2D eigenvalue weighted by molar-refractivity contribution is -0.148. The Bertz CT molecular complexity index is 690. The van der Waals surface area contributed by atoms with E-state index < -0.39 is 0 Å². The predicted octanol–water partition coefficient (Wildman–Crippen LogP) is 3.98. The number of carbonyl (C=O) groups excluding carboxylic acids is 1. The van der Waals surface area contributed by atoms with Crippen LogP contribution in [-0.2, 0) is 28.9 Å². The summed E-state index contributed by atoms with van der Waals surface area (Å²) in [5.74, 6) is -0.0880. The predicted molar refractivity (Wildman–Crippen MR) is 84.8 cm³/mol. The quantitative estimate of drug-likeness (QED) is 0.803. The highest BCUT2D eigenvalue weighted by atomic mass is 35.5. The molecule has 2 aromatic rings. The molecule has 3 nitrogen and oxygen atoms in total. The standard InChI is InChI=1S/C17H20ClNO2/c1-3-19-15-7-5-11(17(20)21-4-2)9-13(15)14-10-12(18)6-8-16(14)19/h6,8,10-11H,3-5,7,9H2,1-2H3. The zero-order chi connectivity index (χ0) is 15.0. The monoisotopic (exact) mass is 305 g/mol. The largest absolute Gasteiger partial charge is 0.466 e. The molecule has 4 heteroatoms. The van der Waals surface area contributed by atoms with E-state index in [1.807, 2.05) is 19.1 Å². The third-order valence-electron chi connectivity index (χ3n) is 4.36. The summed E-state index contributed by atoms with van der Waals surface area (Å²) in [4.78, 5) is 12.0. The Labute approximate surface area is 129 Å². The van der Waals surface area contributed by atoms with Crippen molar-refractivity contribution in [2.24, 2.45) is 5.92 Å². The molecule has 0 aliphatic heterocycles. The van der Waals surface area contributed by atoms with Crippen molar-refractivity contribution in [2.75, 3.05) is 6.61 Å². The highest BCUT2D eigenvalue weighted by Crippen LogP contribution is 2.36. The molecule has 1 aliphatic rings. The van der Waals surface area contributed by atoms with Crippen LogP contribution in [0.2, 0.25) is 5.02 Å². The third kappa shape index (κ3) is 2.44. The van der Waals surface area contributed by atoms with Gasteiger partial charge in [-0.2, -0.15) is 0 Å². The van der Waals surface area contributed by atoms with Gasteiger partial charge in [0.2, 0.25) is 0 Å². The van der Waals surface area contributed by atoms with Crippen LogP contribution in [0.15, 0.2) is 18.2 Å². The minimum absolute atomic E-state index is 0.0210. The van der Waals surface area contributed by atoms with E-state index >= 15 is 0 Å². The van der Waals surface area contributed by atoms with Gasteiger partial charge in [0.25, 0.3) is 0 Å². The van der Waals surface area contributed by atoms with E-state index in [0.29, 0.717) is 6.61 Å². The number of esters is 1. The molecule has 1 atom stereocenters. The molecular formula is C17H20ClNO2. The maximum atomic E-state index is 12.0. The van der Waals surface area contributed by atoms with Crippen LogP contribution in [0.1, 0.15) is 31.5 Å². The fourth-order valence-corrected chi connectivity index (χ4v) is 3.62. The van der Waals surface area contributed by atoms with Crippen LogP contribution in [0.3, 0.4) is 0 Å². The topological polar surface area (TPSA) is 31.2 Å². The van der Waals surface area contributed by atoms with Crippen molar-refractivity contribution < 1.29 is 9.53 Å². The number of hydrogen-bond acceptors (Lipinski definition) is 2. The number of benzene rings is 1. The first-order chi connectivity index (χ1) is 10.2.